The molecule has 2 rings (SSSR count). The van der Waals surface area contributed by atoms with Crippen LogP contribution in [0.4, 0.5) is 0 Å². The van der Waals surface area contributed by atoms with Gasteiger partial charge in [0.25, 0.3) is 0 Å². The maximum atomic E-state index is 11.6. The van der Waals surface area contributed by atoms with Gasteiger partial charge >= 0.3 is 0 Å². The van der Waals surface area contributed by atoms with E-state index in [1.54, 1.807) is 4.31 Å². The number of nitrogens with one attached hydrogen (secondary N) is 2. The average Bonchev–Trinajstić information content (AvgIpc) is 3.15. The van der Waals surface area contributed by atoms with Crippen LogP contribution in [0.25, 0.3) is 0 Å². The molecular formula is C18H37IN4O4S. The van der Waals surface area contributed by atoms with Crippen LogP contribution < -0.4 is 10.6 Å². The Morgan fingerprint density at radius 3 is 2.57 bits per heavy atom. The van der Waals surface area contributed by atoms with Crippen LogP contribution in [0.5, 0.6) is 0 Å². The average molecular weight is 532 g/mol. The molecule has 1 unspecified atom stereocenters. The summed E-state index contributed by atoms with van der Waals surface area (Å²) in [6, 6.07) is 0. The normalized spacial score (nSPS) is 22.1. The summed E-state index contributed by atoms with van der Waals surface area (Å²) in [5.74, 6) is 1.83. The molecular weight excluding hydrogens is 495 g/mol. The van der Waals surface area contributed by atoms with Crippen LogP contribution in [0.1, 0.15) is 32.6 Å². The minimum Gasteiger partial charge on any atom is -0.381 e. The molecule has 2 aliphatic heterocycles. The molecule has 0 bridgehead atoms. The zero-order valence-corrected chi connectivity index (χ0v) is 20.3. The predicted octanol–water partition coefficient (Wildman–Crippen LogP) is 1.27. The summed E-state index contributed by atoms with van der Waals surface area (Å²) in [5, 5.41) is 6.62. The molecule has 2 saturated heterocycles. The van der Waals surface area contributed by atoms with Gasteiger partial charge in [-0.3, -0.25) is 4.99 Å². The first-order valence-corrected chi connectivity index (χ1v) is 12.0. The topological polar surface area (TPSA) is 92.3 Å². The highest BCUT2D eigenvalue weighted by Crippen LogP contribution is 2.19. The second-order valence-corrected chi connectivity index (χ2v) is 9.39. The summed E-state index contributed by atoms with van der Waals surface area (Å²) < 4.78 is 35.8. The van der Waals surface area contributed by atoms with Gasteiger partial charge in [-0.1, -0.05) is 0 Å². The van der Waals surface area contributed by atoms with Gasteiger partial charge in [0.05, 0.1) is 19.5 Å². The summed E-state index contributed by atoms with van der Waals surface area (Å²) in [6.45, 7) is 8.85. The third kappa shape index (κ3) is 10.0. The zero-order valence-electron chi connectivity index (χ0n) is 17.2. The van der Waals surface area contributed by atoms with Gasteiger partial charge in [0.1, 0.15) is 0 Å². The maximum Gasteiger partial charge on any atom is 0.211 e. The molecule has 8 nitrogen and oxygen atoms in total. The van der Waals surface area contributed by atoms with E-state index in [0.717, 1.165) is 77.7 Å². The molecule has 10 heteroatoms. The van der Waals surface area contributed by atoms with Crippen molar-refractivity contribution in [3.8, 4) is 0 Å². The van der Waals surface area contributed by atoms with Gasteiger partial charge in [-0.25, -0.2) is 12.7 Å². The van der Waals surface area contributed by atoms with Crippen molar-refractivity contribution in [3.63, 3.8) is 0 Å². The minimum absolute atomic E-state index is 0. The Hall–Kier alpha value is -0.170. The van der Waals surface area contributed by atoms with Crippen LogP contribution in [0, 0.1) is 11.8 Å². The Kier molecular flexibility index (Phi) is 12.9. The molecule has 2 aliphatic rings. The SMILES string of the molecule is CCNC(=NCC1CCN(S(C)(=O)=O)CC1)NCCCOCC1CCOC1.I. The van der Waals surface area contributed by atoms with Crippen molar-refractivity contribution in [2.75, 3.05) is 65.4 Å². The summed E-state index contributed by atoms with van der Waals surface area (Å²) in [7, 11) is -3.06. The Morgan fingerprint density at radius 2 is 1.96 bits per heavy atom. The number of hydrogen-bond donors (Lipinski definition) is 2. The number of aliphatic imine (C=N–C) groups is 1. The van der Waals surface area contributed by atoms with E-state index in [-0.39, 0.29) is 24.0 Å². The van der Waals surface area contributed by atoms with Gasteiger partial charge in [0, 0.05) is 51.9 Å². The molecule has 2 fully saturated rings. The van der Waals surface area contributed by atoms with E-state index in [1.165, 1.54) is 6.26 Å². The number of piperidine rings is 1. The van der Waals surface area contributed by atoms with Gasteiger partial charge in [-0.15, -0.1) is 24.0 Å². The fourth-order valence-electron chi connectivity index (χ4n) is 3.33. The van der Waals surface area contributed by atoms with Crippen LogP contribution in [-0.4, -0.2) is 84.1 Å². The van der Waals surface area contributed by atoms with Gasteiger partial charge < -0.3 is 20.1 Å². The maximum absolute atomic E-state index is 11.6. The molecule has 2 N–H and O–H groups in total. The molecule has 0 spiro atoms. The molecule has 0 saturated carbocycles. The van der Waals surface area contributed by atoms with Gasteiger partial charge in [-0.05, 0) is 38.5 Å². The van der Waals surface area contributed by atoms with E-state index in [9.17, 15) is 8.42 Å². The molecule has 166 valence electrons. The third-order valence-electron chi connectivity index (χ3n) is 5.03. The number of hydrogen-bond acceptors (Lipinski definition) is 5. The largest absolute Gasteiger partial charge is 0.381 e. The van der Waals surface area contributed by atoms with Crippen molar-refractivity contribution in [1.29, 1.82) is 0 Å². The van der Waals surface area contributed by atoms with Gasteiger partial charge in [0.15, 0.2) is 5.96 Å². The highest BCUT2D eigenvalue weighted by Gasteiger charge is 2.24. The number of sulfonamides is 1. The van der Waals surface area contributed by atoms with Crippen molar-refractivity contribution < 1.29 is 17.9 Å². The molecule has 0 aromatic heterocycles. The van der Waals surface area contributed by atoms with Crippen LogP contribution in [0.15, 0.2) is 4.99 Å². The number of guanidine groups is 1. The highest BCUT2D eigenvalue weighted by molar-refractivity contribution is 14.0. The summed E-state index contributed by atoms with van der Waals surface area (Å²) in [6.07, 6.45) is 5.07. The Balaban J connectivity index is 0.00000392. The highest BCUT2D eigenvalue weighted by atomic mass is 127. The lowest BCUT2D eigenvalue weighted by Crippen LogP contribution is -2.40. The lowest BCUT2D eigenvalue weighted by Gasteiger charge is -2.29. The summed E-state index contributed by atoms with van der Waals surface area (Å²) in [5.41, 5.74) is 0. The number of halogens is 1. The number of rotatable bonds is 10. The lowest BCUT2D eigenvalue weighted by molar-refractivity contribution is 0.0888. The van der Waals surface area contributed by atoms with Crippen LogP contribution >= 0.6 is 24.0 Å². The molecule has 28 heavy (non-hydrogen) atoms. The predicted molar refractivity (Wildman–Crippen MR) is 123 cm³/mol. The fraction of sp³-hybridized carbons (Fsp3) is 0.944. The first kappa shape index (κ1) is 25.9. The molecule has 0 amide bonds. The first-order chi connectivity index (χ1) is 13.0. The summed E-state index contributed by atoms with van der Waals surface area (Å²) in [4.78, 5) is 4.67. The Labute approximate surface area is 187 Å². The standard InChI is InChI=1S/C18H36N4O4S.HI/c1-3-19-18(20-8-4-11-25-14-17-7-12-26-15-17)21-13-16-5-9-22(10-6-16)27(2,23)24;/h16-17H,3-15H2,1-2H3,(H2,19,20,21);1H. The second kappa shape index (κ2) is 13.9. The van der Waals surface area contributed by atoms with E-state index in [0.29, 0.717) is 24.9 Å². The van der Waals surface area contributed by atoms with Crippen molar-refractivity contribution in [2.24, 2.45) is 16.8 Å². The second-order valence-electron chi connectivity index (χ2n) is 7.41. The van der Waals surface area contributed by atoms with E-state index < -0.39 is 10.0 Å². The monoisotopic (exact) mass is 532 g/mol. The van der Waals surface area contributed by atoms with Crippen molar-refractivity contribution in [2.45, 2.75) is 32.6 Å². The summed E-state index contributed by atoms with van der Waals surface area (Å²) >= 11 is 0. The van der Waals surface area contributed by atoms with Crippen molar-refractivity contribution >= 4 is 40.0 Å². The number of ether oxygens (including phenoxy) is 2. The van der Waals surface area contributed by atoms with E-state index >= 15 is 0 Å². The molecule has 0 aromatic rings. The molecule has 0 radical (unpaired) electrons. The van der Waals surface area contributed by atoms with E-state index in [2.05, 4.69) is 22.5 Å². The minimum atomic E-state index is -3.06. The van der Waals surface area contributed by atoms with E-state index in [4.69, 9.17) is 9.47 Å². The fourth-order valence-corrected chi connectivity index (χ4v) is 4.21. The number of nitrogens with zero attached hydrogens (tertiary/aromatic N) is 2. The van der Waals surface area contributed by atoms with Crippen LogP contribution in [0.2, 0.25) is 0 Å². The molecule has 2 heterocycles. The Bertz CT molecular complexity index is 548. The quantitative estimate of drug-likeness (QED) is 0.191. The van der Waals surface area contributed by atoms with Crippen molar-refractivity contribution in [1.82, 2.24) is 14.9 Å². The van der Waals surface area contributed by atoms with Crippen LogP contribution in [-0.2, 0) is 19.5 Å². The Morgan fingerprint density at radius 1 is 1.21 bits per heavy atom. The molecule has 1 atom stereocenters. The zero-order chi connectivity index (χ0) is 19.5. The third-order valence-corrected chi connectivity index (χ3v) is 6.33. The molecule has 0 aliphatic carbocycles. The first-order valence-electron chi connectivity index (χ1n) is 10.1. The van der Waals surface area contributed by atoms with Crippen molar-refractivity contribution in [3.05, 3.63) is 0 Å². The van der Waals surface area contributed by atoms with Crippen LogP contribution in [0.3, 0.4) is 0 Å². The van der Waals surface area contributed by atoms with E-state index in [1.807, 2.05) is 0 Å². The van der Waals surface area contributed by atoms with Gasteiger partial charge in [0.2, 0.25) is 10.0 Å². The van der Waals surface area contributed by atoms with Gasteiger partial charge in [-0.2, -0.15) is 0 Å². The smallest absolute Gasteiger partial charge is 0.211 e. The molecule has 0 aromatic carbocycles. The lowest BCUT2D eigenvalue weighted by atomic mass is 9.98.